The maximum absolute atomic E-state index is 12.3. The smallest absolute Gasteiger partial charge is 0.322 e. The summed E-state index contributed by atoms with van der Waals surface area (Å²) in [4.78, 5) is 13.9. The Balaban J connectivity index is 2.02. The van der Waals surface area contributed by atoms with Gasteiger partial charge < -0.3 is 14.7 Å². The largest absolute Gasteiger partial charge is 0.364 e. The van der Waals surface area contributed by atoms with Crippen LogP contribution >= 0.6 is 0 Å². The fraction of sp³-hybridized carbons (Fsp3) is 0.375. The number of sulfonamides is 1. The van der Waals surface area contributed by atoms with E-state index in [0.29, 0.717) is 24.3 Å². The molecule has 0 spiro atoms. The molecule has 1 aromatic heterocycles. The van der Waals surface area contributed by atoms with Crippen molar-refractivity contribution >= 4 is 21.7 Å². The second-order valence-electron chi connectivity index (χ2n) is 5.56. The number of nitrogens with zero attached hydrogens (tertiary/aromatic N) is 2. The minimum atomic E-state index is -3.52. The number of amides is 2. The molecular weight excluding hydrogens is 344 g/mol. The van der Waals surface area contributed by atoms with E-state index in [9.17, 15) is 13.2 Å². The number of urea groups is 1. The fourth-order valence-corrected chi connectivity index (χ4v) is 3.19. The number of rotatable bonds is 7. The standard InChI is InChI=1S/C16H22N4O4S/c1-4-10-17-25(22,23)14-7-5-13(6-8-14)18-16(21)20(3)12(2)15-9-11-24-19-15/h5-9,11-12,17H,4,10H2,1-3H3,(H,18,21)/t12-/m1/s1. The highest BCUT2D eigenvalue weighted by atomic mass is 32.2. The first kappa shape index (κ1) is 18.9. The Morgan fingerprint density at radius 2 is 1.96 bits per heavy atom. The van der Waals surface area contributed by atoms with E-state index in [2.05, 4.69) is 15.2 Å². The van der Waals surface area contributed by atoms with Crippen LogP contribution in [0.2, 0.25) is 0 Å². The van der Waals surface area contributed by atoms with Crippen molar-refractivity contribution < 1.29 is 17.7 Å². The quantitative estimate of drug-likeness (QED) is 0.784. The normalized spacial score (nSPS) is 12.6. The molecule has 2 N–H and O–H groups in total. The van der Waals surface area contributed by atoms with Gasteiger partial charge in [-0.1, -0.05) is 12.1 Å². The molecule has 25 heavy (non-hydrogen) atoms. The molecule has 136 valence electrons. The maximum Gasteiger partial charge on any atom is 0.322 e. The lowest BCUT2D eigenvalue weighted by Gasteiger charge is -2.23. The SMILES string of the molecule is CCCNS(=O)(=O)c1ccc(NC(=O)N(C)[C@H](C)c2ccon2)cc1. The highest BCUT2D eigenvalue weighted by Gasteiger charge is 2.20. The molecule has 1 heterocycles. The first-order chi connectivity index (χ1) is 11.8. The molecule has 0 bridgehead atoms. The van der Waals surface area contributed by atoms with Crippen LogP contribution in [0.25, 0.3) is 0 Å². The van der Waals surface area contributed by atoms with Gasteiger partial charge in [-0.2, -0.15) is 0 Å². The van der Waals surface area contributed by atoms with Gasteiger partial charge in [0, 0.05) is 25.3 Å². The lowest BCUT2D eigenvalue weighted by atomic mass is 10.2. The summed E-state index contributed by atoms with van der Waals surface area (Å²) < 4.78 is 31.3. The third-order valence-corrected chi connectivity index (χ3v) is 5.22. The van der Waals surface area contributed by atoms with E-state index in [4.69, 9.17) is 4.52 Å². The highest BCUT2D eigenvalue weighted by molar-refractivity contribution is 7.89. The Bertz CT molecular complexity index is 788. The summed E-state index contributed by atoms with van der Waals surface area (Å²) in [5, 5.41) is 6.54. The molecule has 9 heteroatoms. The molecule has 0 aliphatic carbocycles. The molecule has 0 saturated carbocycles. The van der Waals surface area contributed by atoms with Crippen LogP contribution in [0.1, 0.15) is 32.0 Å². The molecular formula is C16H22N4O4S. The molecule has 1 aromatic carbocycles. The van der Waals surface area contributed by atoms with Gasteiger partial charge in [-0.25, -0.2) is 17.9 Å². The summed E-state index contributed by atoms with van der Waals surface area (Å²) in [6.07, 6.45) is 2.16. The molecule has 0 unspecified atom stereocenters. The van der Waals surface area contributed by atoms with Crippen LogP contribution in [0.15, 0.2) is 46.0 Å². The van der Waals surface area contributed by atoms with Crippen LogP contribution in [-0.4, -0.2) is 38.1 Å². The van der Waals surface area contributed by atoms with E-state index in [1.807, 2.05) is 13.8 Å². The molecule has 0 aliphatic heterocycles. The summed E-state index contributed by atoms with van der Waals surface area (Å²) in [5.74, 6) is 0. The topological polar surface area (TPSA) is 105 Å². The fourth-order valence-electron chi connectivity index (χ4n) is 2.06. The molecule has 2 aromatic rings. The van der Waals surface area contributed by atoms with E-state index in [1.165, 1.54) is 23.3 Å². The number of benzene rings is 1. The molecule has 0 radical (unpaired) electrons. The molecule has 0 fully saturated rings. The van der Waals surface area contributed by atoms with Gasteiger partial charge in [-0.3, -0.25) is 0 Å². The van der Waals surface area contributed by atoms with Crippen molar-refractivity contribution in [3.05, 3.63) is 42.3 Å². The molecule has 0 saturated heterocycles. The van der Waals surface area contributed by atoms with Crippen molar-refractivity contribution in [1.29, 1.82) is 0 Å². The van der Waals surface area contributed by atoms with Crippen LogP contribution in [0, 0.1) is 0 Å². The van der Waals surface area contributed by atoms with Crippen LogP contribution in [0.4, 0.5) is 10.5 Å². The van der Waals surface area contributed by atoms with Crippen LogP contribution in [0.5, 0.6) is 0 Å². The summed E-state index contributed by atoms with van der Waals surface area (Å²) in [5.41, 5.74) is 1.14. The number of carbonyl (C=O) groups excluding carboxylic acids is 1. The predicted octanol–water partition coefficient (Wildman–Crippen LogP) is 2.59. The molecule has 1 atom stereocenters. The van der Waals surface area contributed by atoms with Crippen molar-refractivity contribution in [1.82, 2.24) is 14.8 Å². The van der Waals surface area contributed by atoms with Crippen LogP contribution in [-0.2, 0) is 10.0 Å². The highest BCUT2D eigenvalue weighted by Crippen LogP contribution is 2.19. The third-order valence-electron chi connectivity index (χ3n) is 3.75. The monoisotopic (exact) mass is 366 g/mol. The Labute approximate surface area is 147 Å². The Morgan fingerprint density at radius 1 is 1.28 bits per heavy atom. The van der Waals surface area contributed by atoms with Gasteiger partial charge in [0.1, 0.15) is 12.0 Å². The van der Waals surface area contributed by atoms with Crippen LogP contribution in [0.3, 0.4) is 0 Å². The van der Waals surface area contributed by atoms with E-state index in [1.54, 1.807) is 25.2 Å². The molecule has 8 nitrogen and oxygen atoms in total. The van der Waals surface area contributed by atoms with E-state index >= 15 is 0 Å². The second-order valence-corrected chi connectivity index (χ2v) is 7.33. The lowest BCUT2D eigenvalue weighted by Crippen LogP contribution is -2.33. The number of nitrogens with one attached hydrogen (secondary N) is 2. The number of anilines is 1. The number of aromatic nitrogens is 1. The number of hydrogen-bond acceptors (Lipinski definition) is 5. The average Bonchev–Trinajstić information content (AvgIpc) is 3.13. The zero-order valence-electron chi connectivity index (χ0n) is 14.4. The first-order valence-electron chi connectivity index (χ1n) is 7.89. The molecule has 2 amide bonds. The van der Waals surface area contributed by atoms with Gasteiger partial charge in [-0.05, 0) is 37.6 Å². The van der Waals surface area contributed by atoms with Gasteiger partial charge in [0.2, 0.25) is 10.0 Å². The van der Waals surface area contributed by atoms with Gasteiger partial charge in [0.25, 0.3) is 0 Å². The predicted molar refractivity (Wildman–Crippen MR) is 93.6 cm³/mol. The number of hydrogen-bond donors (Lipinski definition) is 2. The van der Waals surface area contributed by atoms with Gasteiger partial charge in [0.15, 0.2) is 0 Å². The van der Waals surface area contributed by atoms with Crippen molar-refractivity contribution in [2.75, 3.05) is 18.9 Å². The lowest BCUT2D eigenvalue weighted by molar-refractivity contribution is 0.206. The van der Waals surface area contributed by atoms with Crippen LogP contribution < -0.4 is 10.0 Å². The minimum absolute atomic E-state index is 0.156. The van der Waals surface area contributed by atoms with Gasteiger partial charge in [0.05, 0.1) is 10.9 Å². The first-order valence-corrected chi connectivity index (χ1v) is 9.37. The zero-order chi connectivity index (χ0) is 18.4. The van der Waals surface area contributed by atoms with E-state index in [0.717, 1.165) is 0 Å². The summed E-state index contributed by atoms with van der Waals surface area (Å²) >= 11 is 0. The molecule has 0 aliphatic rings. The summed E-state index contributed by atoms with van der Waals surface area (Å²) in [7, 11) is -1.88. The van der Waals surface area contributed by atoms with Gasteiger partial charge >= 0.3 is 6.03 Å². The van der Waals surface area contributed by atoms with E-state index in [-0.39, 0.29) is 17.0 Å². The second kappa shape index (κ2) is 8.13. The Morgan fingerprint density at radius 3 is 2.52 bits per heavy atom. The molecule has 2 rings (SSSR count). The summed E-state index contributed by atoms with van der Waals surface area (Å²) in [6, 6.07) is 7.09. The third kappa shape index (κ3) is 4.80. The summed E-state index contributed by atoms with van der Waals surface area (Å²) in [6.45, 7) is 4.09. The Kier molecular flexibility index (Phi) is 6.16. The van der Waals surface area contributed by atoms with Crippen molar-refractivity contribution in [3.8, 4) is 0 Å². The number of carbonyl (C=O) groups is 1. The van der Waals surface area contributed by atoms with Crippen molar-refractivity contribution in [2.24, 2.45) is 0 Å². The minimum Gasteiger partial charge on any atom is -0.364 e. The zero-order valence-corrected chi connectivity index (χ0v) is 15.2. The maximum atomic E-state index is 12.3. The van der Waals surface area contributed by atoms with Gasteiger partial charge in [-0.15, -0.1) is 0 Å². The van der Waals surface area contributed by atoms with Crippen molar-refractivity contribution in [2.45, 2.75) is 31.2 Å². The van der Waals surface area contributed by atoms with Crippen molar-refractivity contribution in [3.63, 3.8) is 0 Å². The average molecular weight is 366 g/mol. The Hall–Kier alpha value is -2.39. The van der Waals surface area contributed by atoms with E-state index < -0.39 is 10.0 Å².